The fourth-order valence-corrected chi connectivity index (χ4v) is 4.08. The van der Waals surface area contributed by atoms with E-state index in [1.54, 1.807) is 0 Å². The molecule has 5 heteroatoms. The van der Waals surface area contributed by atoms with Gasteiger partial charge in [0.05, 0.1) is 0 Å². The highest BCUT2D eigenvalue weighted by Gasteiger charge is 2.38. The molecule has 25 heavy (non-hydrogen) atoms. The van der Waals surface area contributed by atoms with E-state index in [4.69, 9.17) is 4.74 Å². The van der Waals surface area contributed by atoms with Crippen LogP contribution in [-0.2, 0) is 11.3 Å². The van der Waals surface area contributed by atoms with E-state index in [9.17, 15) is 4.79 Å². The maximum atomic E-state index is 12.3. The number of nitrogens with zero attached hydrogens (tertiary/aromatic N) is 2. The monoisotopic (exact) mass is 345 g/mol. The number of carbonyl (C=O) groups is 1. The van der Waals surface area contributed by atoms with Gasteiger partial charge in [0.2, 0.25) is 0 Å². The van der Waals surface area contributed by atoms with Gasteiger partial charge in [-0.3, -0.25) is 4.90 Å². The zero-order valence-corrected chi connectivity index (χ0v) is 15.5. The lowest BCUT2D eigenvalue weighted by Gasteiger charge is -2.48. The minimum absolute atomic E-state index is 0.178. The fourth-order valence-electron chi connectivity index (χ4n) is 4.08. The average molecular weight is 345 g/mol. The molecule has 0 saturated carbocycles. The van der Waals surface area contributed by atoms with E-state index in [0.29, 0.717) is 12.5 Å². The summed E-state index contributed by atoms with van der Waals surface area (Å²) in [5.41, 5.74) is 1.23. The second kappa shape index (κ2) is 8.19. The molecule has 1 aromatic carbocycles. The molecule has 2 aliphatic rings. The van der Waals surface area contributed by atoms with Crippen LogP contribution in [0.4, 0.5) is 4.79 Å². The molecule has 2 fully saturated rings. The molecule has 3 rings (SSSR count). The summed E-state index contributed by atoms with van der Waals surface area (Å²) < 4.78 is 5.47. The van der Waals surface area contributed by atoms with Crippen LogP contribution in [0.15, 0.2) is 30.3 Å². The molecule has 1 N–H and O–H groups in total. The van der Waals surface area contributed by atoms with Gasteiger partial charge in [-0.15, -0.1) is 0 Å². The Hall–Kier alpha value is -1.59. The largest absolute Gasteiger partial charge is 0.445 e. The molecule has 1 aromatic rings. The van der Waals surface area contributed by atoms with E-state index in [1.165, 1.54) is 0 Å². The van der Waals surface area contributed by atoms with E-state index >= 15 is 0 Å². The molecule has 0 spiro atoms. The van der Waals surface area contributed by atoms with Crippen molar-refractivity contribution in [1.82, 2.24) is 15.1 Å². The summed E-state index contributed by atoms with van der Waals surface area (Å²) in [6.07, 6.45) is 1.93. The minimum Gasteiger partial charge on any atom is -0.445 e. The van der Waals surface area contributed by atoms with Gasteiger partial charge in [0.1, 0.15) is 6.61 Å². The molecule has 0 radical (unpaired) electrons. The Morgan fingerprint density at radius 3 is 2.40 bits per heavy atom. The smallest absolute Gasteiger partial charge is 0.410 e. The summed E-state index contributed by atoms with van der Waals surface area (Å²) in [7, 11) is 0. The Morgan fingerprint density at radius 2 is 1.76 bits per heavy atom. The van der Waals surface area contributed by atoms with Gasteiger partial charge in [-0.05, 0) is 38.2 Å². The lowest BCUT2D eigenvalue weighted by molar-refractivity contribution is 0.0153. The first-order chi connectivity index (χ1) is 12.1. The first-order valence-electron chi connectivity index (χ1n) is 9.49. The SMILES string of the molecule is CC(C)(C1CCN(C(=O)OCc2ccccc2)CC1)N1CCNCC1. The molecule has 138 valence electrons. The molecule has 0 atom stereocenters. The number of ether oxygens (including phenoxy) is 1. The number of rotatable bonds is 4. The third-order valence-electron chi connectivity index (χ3n) is 5.89. The highest BCUT2D eigenvalue weighted by molar-refractivity contribution is 5.67. The Morgan fingerprint density at radius 1 is 1.12 bits per heavy atom. The zero-order valence-electron chi connectivity index (χ0n) is 15.5. The first-order valence-corrected chi connectivity index (χ1v) is 9.49. The van der Waals surface area contributed by atoms with Gasteiger partial charge in [-0.1, -0.05) is 30.3 Å². The number of amides is 1. The molecule has 2 heterocycles. The summed E-state index contributed by atoms with van der Waals surface area (Å²) in [6, 6.07) is 9.86. The van der Waals surface area contributed by atoms with Crippen LogP contribution in [0, 0.1) is 5.92 Å². The number of likely N-dealkylation sites (tertiary alicyclic amines) is 1. The van der Waals surface area contributed by atoms with Crippen molar-refractivity contribution in [2.75, 3.05) is 39.3 Å². The van der Waals surface area contributed by atoms with Crippen molar-refractivity contribution in [2.45, 2.75) is 38.8 Å². The zero-order chi connectivity index (χ0) is 17.7. The van der Waals surface area contributed by atoms with E-state index in [1.807, 2.05) is 35.2 Å². The van der Waals surface area contributed by atoms with Crippen molar-refractivity contribution >= 4 is 6.09 Å². The standard InChI is InChI=1S/C20H31N3O2/c1-20(2,23-14-10-21-11-15-23)18-8-12-22(13-9-18)19(24)25-16-17-6-4-3-5-7-17/h3-7,18,21H,8-16H2,1-2H3. The summed E-state index contributed by atoms with van der Waals surface area (Å²) in [5, 5.41) is 3.43. The lowest BCUT2D eigenvalue weighted by atomic mass is 9.79. The van der Waals surface area contributed by atoms with Gasteiger partial charge < -0.3 is 15.0 Å². The van der Waals surface area contributed by atoms with E-state index in [-0.39, 0.29) is 11.6 Å². The predicted molar refractivity (Wildman–Crippen MR) is 99.4 cm³/mol. The topological polar surface area (TPSA) is 44.8 Å². The highest BCUT2D eigenvalue weighted by atomic mass is 16.6. The quantitative estimate of drug-likeness (QED) is 0.911. The van der Waals surface area contributed by atoms with Crippen LogP contribution in [0.2, 0.25) is 0 Å². The predicted octanol–water partition coefficient (Wildman–Crippen LogP) is 2.72. The number of benzene rings is 1. The van der Waals surface area contributed by atoms with Crippen molar-refractivity contribution in [2.24, 2.45) is 5.92 Å². The first kappa shape index (κ1) is 18.2. The van der Waals surface area contributed by atoms with Crippen LogP contribution in [0.25, 0.3) is 0 Å². The van der Waals surface area contributed by atoms with Crippen LogP contribution < -0.4 is 5.32 Å². The Bertz CT molecular complexity index is 547. The van der Waals surface area contributed by atoms with Gasteiger partial charge >= 0.3 is 6.09 Å². The summed E-state index contributed by atoms with van der Waals surface area (Å²) in [5.74, 6) is 0.628. The molecular formula is C20H31N3O2. The summed E-state index contributed by atoms with van der Waals surface area (Å²) in [4.78, 5) is 16.8. The van der Waals surface area contributed by atoms with Gasteiger partial charge in [0.15, 0.2) is 0 Å². The number of hydrogen-bond acceptors (Lipinski definition) is 4. The van der Waals surface area contributed by atoms with Crippen LogP contribution >= 0.6 is 0 Å². The minimum atomic E-state index is -0.178. The summed E-state index contributed by atoms with van der Waals surface area (Å²) >= 11 is 0. The second-order valence-electron chi connectivity index (χ2n) is 7.69. The van der Waals surface area contributed by atoms with Gasteiger partial charge in [-0.2, -0.15) is 0 Å². The van der Waals surface area contributed by atoms with Gasteiger partial charge in [0.25, 0.3) is 0 Å². The van der Waals surface area contributed by atoms with Crippen molar-refractivity contribution in [3.63, 3.8) is 0 Å². The molecule has 1 amide bonds. The van der Waals surface area contributed by atoms with Crippen molar-refractivity contribution < 1.29 is 9.53 Å². The summed E-state index contributed by atoms with van der Waals surface area (Å²) in [6.45, 7) is 11.1. The van der Waals surface area contributed by atoms with Crippen LogP contribution in [0.5, 0.6) is 0 Å². The third-order valence-corrected chi connectivity index (χ3v) is 5.89. The van der Waals surface area contributed by atoms with Gasteiger partial charge in [0, 0.05) is 44.8 Å². The molecule has 0 bridgehead atoms. The highest BCUT2D eigenvalue weighted by Crippen LogP contribution is 2.33. The Kier molecular flexibility index (Phi) is 5.97. The van der Waals surface area contributed by atoms with Crippen molar-refractivity contribution in [3.8, 4) is 0 Å². The van der Waals surface area contributed by atoms with E-state index in [2.05, 4.69) is 24.1 Å². The number of nitrogens with one attached hydrogen (secondary N) is 1. The average Bonchev–Trinajstić information content (AvgIpc) is 2.68. The number of carbonyl (C=O) groups excluding carboxylic acids is 1. The van der Waals surface area contributed by atoms with Crippen LogP contribution in [0.1, 0.15) is 32.3 Å². The molecule has 0 aromatic heterocycles. The maximum absolute atomic E-state index is 12.3. The normalized spacial score (nSPS) is 20.5. The number of piperazine rings is 1. The number of hydrogen-bond donors (Lipinski definition) is 1. The fraction of sp³-hybridized carbons (Fsp3) is 0.650. The van der Waals surface area contributed by atoms with Crippen LogP contribution in [-0.4, -0.2) is 60.7 Å². The van der Waals surface area contributed by atoms with E-state index < -0.39 is 0 Å². The molecular weight excluding hydrogens is 314 g/mol. The lowest BCUT2D eigenvalue weighted by Crippen LogP contribution is -2.58. The van der Waals surface area contributed by atoms with Crippen molar-refractivity contribution in [1.29, 1.82) is 0 Å². The molecule has 0 aliphatic carbocycles. The second-order valence-corrected chi connectivity index (χ2v) is 7.69. The van der Waals surface area contributed by atoms with Crippen LogP contribution in [0.3, 0.4) is 0 Å². The molecule has 0 unspecified atom stereocenters. The van der Waals surface area contributed by atoms with Crippen molar-refractivity contribution in [3.05, 3.63) is 35.9 Å². The molecule has 2 saturated heterocycles. The third kappa shape index (κ3) is 4.53. The molecule has 2 aliphatic heterocycles. The Labute approximate surface area is 151 Å². The maximum Gasteiger partial charge on any atom is 0.410 e. The molecule has 5 nitrogen and oxygen atoms in total. The van der Waals surface area contributed by atoms with Gasteiger partial charge in [-0.25, -0.2) is 4.79 Å². The Balaban J connectivity index is 1.46. The number of piperidine rings is 1. The van der Waals surface area contributed by atoms with E-state index in [0.717, 1.165) is 57.7 Å².